The summed E-state index contributed by atoms with van der Waals surface area (Å²) >= 11 is 2.66. The summed E-state index contributed by atoms with van der Waals surface area (Å²) in [5.41, 5.74) is 0. The maximum absolute atomic E-state index is 12.0. The number of aliphatic imine (C=N–C) groups is 1. The SMILES string of the molecule is O=C1C=C(Br)C(C(F)(F)F)C=N1. The fraction of sp³-hybridized carbons (Fsp3) is 0.333. The van der Waals surface area contributed by atoms with Gasteiger partial charge in [0.05, 0.1) is 0 Å². The van der Waals surface area contributed by atoms with E-state index in [1.165, 1.54) is 0 Å². The number of halogens is 4. The van der Waals surface area contributed by atoms with Gasteiger partial charge >= 0.3 is 6.18 Å². The van der Waals surface area contributed by atoms with E-state index in [1.807, 2.05) is 0 Å². The van der Waals surface area contributed by atoms with Crippen molar-refractivity contribution in [3.63, 3.8) is 0 Å². The summed E-state index contributed by atoms with van der Waals surface area (Å²) in [7, 11) is 0. The van der Waals surface area contributed by atoms with E-state index in [4.69, 9.17) is 0 Å². The molecule has 0 saturated carbocycles. The van der Waals surface area contributed by atoms with E-state index in [0.717, 1.165) is 6.08 Å². The number of nitrogens with zero attached hydrogens (tertiary/aromatic N) is 1. The van der Waals surface area contributed by atoms with Gasteiger partial charge in [-0.2, -0.15) is 13.2 Å². The lowest BCUT2D eigenvalue weighted by Gasteiger charge is -2.16. The molecule has 2 nitrogen and oxygen atoms in total. The standard InChI is InChI=1S/C6H3BrF3NO/c7-4-1-5(12)11-2-3(4)6(8,9)10/h1-3H. The highest BCUT2D eigenvalue weighted by atomic mass is 79.9. The van der Waals surface area contributed by atoms with Crippen LogP contribution < -0.4 is 0 Å². The molecule has 0 saturated heterocycles. The molecular formula is C6H3BrF3NO. The van der Waals surface area contributed by atoms with Gasteiger partial charge in [0, 0.05) is 16.8 Å². The maximum atomic E-state index is 12.0. The zero-order valence-electron chi connectivity index (χ0n) is 5.60. The molecule has 1 atom stereocenters. The van der Waals surface area contributed by atoms with Gasteiger partial charge in [0.2, 0.25) is 0 Å². The van der Waals surface area contributed by atoms with Gasteiger partial charge in [-0.05, 0) is 0 Å². The van der Waals surface area contributed by atoms with E-state index < -0.39 is 18.0 Å². The first kappa shape index (κ1) is 9.44. The molecule has 0 aliphatic carbocycles. The fourth-order valence-electron chi connectivity index (χ4n) is 0.705. The van der Waals surface area contributed by atoms with Crippen molar-refractivity contribution in [2.75, 3.05) is 0 Å². The monoisotopic (exact) mass is 241 g/mol. The van der Waals surface area contributed by atoms with E-state index in [2.05, 4.69) is 20.9 Å². The van der Waals surface area contributed by atoms with Crippen molar-refractivity contribution >= 4 is 28.1 Å². The zero-order valence-corrected chi connectivity index (χ0v) is 7.19. The van der Waals surface area contributed by atoms with Gasteiger partial charge < -0.3 is 0 Å². The van der Waals surface area contributed by atoms with Crippen LogP contribution in [0.4, 0.5) is 13.2 Å². The quantitative estimate of drug-likeness (QED) is 0.639. The normalized spacial score (nSPS) is 24.2. The van der Waals surface area contributed by atoms with Crippen LogP contribution in [-0.4, -0.2) is 18.3 Å². The second-order valence-corrected chi connectivity index (χ2v) is 3.08. The molecule has 0 fully saturated rings. The second kappa shape index (κ2) is 3.01. The molecule has 66 valence electrons. The second-order valence-electron chi connectivity index (χ2n) is 2.16. The molecule has 12 heavy (non-hydrogen) atoms. The van der Waals surface area contributed by atoms with Crippen LogP contribution in [0.2, 0.25) is 0 Å². The van der Waals surface area contributed by atoms with Crippen LogP contribution >= 0.6 is 15.9 Å². The summed E-state index contributed by atoms with van der Waals surface area (Å²) in [5, 5.41) is 0. The van der Waals surface area contributed by atoms with Gasteiger partial charge in [-0.25, -0.2) is 4.99 Å². The fourth-order valence-corrected chi connectivity index (χ4v) is 1.28. The van der Waals surface area contributed by atoms with Gasteiger partial charge in [-0.15, -0.1) is 0 Å². The van der Waals surface area contributed by atoms with Crippen LogP contribution in [0.3, 0.4) is 0 Å². The minimum absolute atomic E-state index is 0.199. The van der Waals surface area contributed by atoms with Crippen LogP contribution in [0, 0.1) is 5.92 Å². The van der Waals surface area contributed by atoms with Crippen LogP contribution in [0.5, 0.6) is 0 Å². The highest BCUT2D eigenvalue weighted by Crippen LogP contribution is 2.34. The number of alkyl halides is 3. The molecule has 0 aromatic carbocycles. The van der Waals surface area contributed by atoms with Crippen molar-refractivity contribution in [2.45, 2.75) is 6.18 Å². The summed E-state index contributed by atoms with van der Waals surface area (Å²) in [6.45, 7) is 0. The van der Waals surface area contributed by atoms with Gasteiger partial charge in [-0.3, -0.25) is 4.79 Å². The number of hydrogen-bond acceptors (Lipinski definition) is 1. The maximum Gasteiger partial charge on any atom is 0.401 e. The molecule has 1 aliphatic heterocycles. The first-order valence-electron chi connectivity index (χ1n) is 2.93. The Hall–Kier alpha value is -0.650. The number of carbonyl (C=O) groups is 1. The average molecular weight is 242 g/mol. The molecule has 1 aliphatic rings. The number of rotatable bonds is 0. The molecule has 1 amide bonds. The molecule has 0 spiro atoms. The first-order chi connectivity index (χ1) is 5.41. The van der Waals surface area contributed by atoms with Crippen molar-refractivity contribution in [2.24, 2.45) is 10.9 Å². The Bertz CT molecular complexity index is 268. The first-order valence-corrected chi connectivity index (χ1v) is 3.72. The molecule has 1 rings (SSSR count). The van der Waals surface area contributed by atoms with Crippen LogP contribution in [-0.2, 0) is 4.79 Å². The largest absolute Gasteiger partial charge is 0.401 e. The third-order valence-corrected chi connectivity index (χ3v) is 1.98. The van der Waals surface area contributed by atoms with E-state index in [9.17, 15) is 18.0 Å². The van der Waals surface area contributed by atoms with Crippen LogP contribution in [0.15, 0.2) is 15.6 Å². The van der Waals surface area contributed by atoms with Gasteiger partial charge in [0.25, 0.3) is 5.91 Å². The topological polar surface area (TPSA) is 29.4 Å². The van der Waals surface area contributed by atoms with Crippen molar-refractivity contribution in [1.29, 1.82) is 0 Å². The third-order valence-electron chi connectivity index (χ3n) is 1.26. The van der Waals surface area contributed by atoms with E-state index in [1.54, 1.807) is 0 Å². The van der Waals surface area contributed by atoms with Crippen molar-refractivity contribution < 1.29 is 18.0 Å². The molecule has 1 unspecified atom stereocenters. The lowest BCUT2D eigenvalue weighted by molar-refractivity contribution is -0.143. The van der Waals surface area contributed by atoms with E-state index in [-0.39, 0.29) is 4.48 Å². The van der Waals surface area contributed by atoms with E-state index >= 15 is 0 Å². The van der Waals surface area contributed by atoms with Gasteiger partial charge in [0.15, 0.2) is 0 Å². The predicted octanol–water partition coefficient (Wildman–Crippen LogP) is 2.05. The van der Waals surface area contributed by atoms with Gasteiger partial charge in [-0.1, -0.05) is 15.9 Å². The molecule has 0 radical (unpaired) electrons. The highest BCUT2D eigenvalue weighted by molar-refractivity contribution is 9.11. The molecule has 1 heterocycles. The Morgan fingerprint density at radius 1 is 1.50 bits per heavy atom. The summed E-state index contributed by atoms with van der Waals surface area (Å²) in [6.07, 6.45) is -2.98. The molecule has 0 bridgehead atoms. The molecule has 0 aromatic rings. The summed E-state index contributed by atoms with van der Waals surface area (Å²) in [6, 6.07) is 0. The number of carbonyl (C=O) groups excluding carboxylic acids is 1. The number of hydrogen-bond donors (Lipinski definition) is 0. The minimum Gasteiger partial charge on any atom is -0.267 e. The summed E-state index contributed by atoms with van der Waals surface area (Å²) in [5.74, 6) is -2.46. The Morgan fingerprint density at radius 2 is 2.08 bits per heavy atom. The Kier molecular flexibility index (Phi) is 2.36. The summed E-state index contributed by atoms with van der Waals surface area (Å²) in [4.78, 5) is 13.5. The van der Waals surface area contributed by atoms with E-state index in [0.29, 0.717) is 6.21 Å². The van der Waals surface area contributed by atoms with Crippen molar-refractivity contribution in [3.8, 4) is 0 Å². The van der Waals surface area contributed by atoms with Gasteiger partial charge in [0.1, 0.15) is 5.92 Å². The Morgan fingerprint density at radius 3 is 2.50 bits per heavy atom. The lowest BCUT2D eigenvalue weighted by Crippen LogP contribution is -2.26. The molecule has 0 aromatic heterocycles. The van der Waals surface area contributed by atoms with Crippen LogP contribution in [0.25, 0.3) is 0 Å². The summed E-state index contributed by atoms with van der Waals surface area (Å²) < 4.78 is 35.9. The highest BCUT2D eigenvalue weighted by Gasteiger charge is 2.41. The molecule has 6 heteroatoms. The zero-order chi connectivity index (χ0) is 9.35. The lowest BCUT2D eigenvalue weighted by atomic mass is 10.1. The third kappa shape index (κ3) is 1.94. The smallest absolute Gasteiger partial charge is 0.267 e. The molecular weight excluding hydrogens is 239 g/mol. The van der Waals surface area contributed by atoms with Crippen LogP contribution in [0.1, 0.15) is 0 Å². The number of allylic oxidation sites excluding steroid dienone is 1. The Labute approximate surface area is 74.3 Å². The average Bonchev–Trinajstić information content (AvgIpc) is 1.83. The predicted molar refractivity (Wildman–Crippen MR) is 40.1 cm³/mol. The number of amides is 1. The number of dihydropyridines is 1. The molecule has 0 N–H and O–H groups in total. The van der Waals surface area contributed by atoms with Crippen molar-refractivity contribution in [1.82, 2.24) is 0 Å². The Balaban J connectivity index is 2.90. The minimum atomic E-state index is -4.39. The van der Waals surface area contributed by atoms with Crippen molar-refractivity contribution in [3.05, 3.63) is 10.6 Å².